The molecule has 2 amide bonds. The Bertz CT molecular complexity index is 1150. The number of nitrogens with one attached hydrogen (secondary N) is 2. The lowest BCUT2D eigenvalue weighted by atomic mass is 10.0. The Hall–Kier alpha value is -3.33. The fraction of sp³-hybridized carbons (Fsp3) is 0.417. The fourth-order valence-electron chi connectivity index (χ4n) is 3.98. The third-order valence-corrected chi connectivity index (χ3v) is 5.82. The highest BCUT2D eigenvalue weighted by Crippen LogP contribution is 2.23. The van der Waals surface area contributed by atoms with E-state index < -0.39 is 17.7 Å². The molecule has 10 heteroatoms. The minimum Gasteiger partial charge on any atom is -0.444 e. The number of piperazine rings is 1. The first-order valence-corrected chi connectivity index (χ1v) is 11.6. The van der Waals surface area contributed by atoms with Crippen LogP contribution in [-0.2, 0) is 16.0 Å². The van der Waals surface area contributed by atoms with E-state index in [0.717, 1.165) is 22.4 Å². The van der Waals surface area contributed by atoms with Crippen LogP contribution in [0.2, 0.25) is 5.02 Å². The van der Waals surface area contributed by atoms with E-state index in [1.807, 2.05) is 24.4 Å². The highest BCUT2D eigenvalue weighted by Gasteiger charge is 2.31. The van der Waals surface area contributed by atoms with E-state index in [9.17, 15) is 9.59 Å². The Morgan fingerprint density at radius 1 is 1.12 bits per heavy atom. The number of aromatic nitrogens is 3. The molecule has 1 fully saturated rings. The third-order valence-electron chi connectivity index (χ3n) is 5.57. The van der Waals surface area contributed by atoms with Crippen molar-refractivity contribution in [2.24, 2.45) is 0 Å². The van der Waals surface area contributed by atoms with Gasteiger partial charge in [-0.25, -0.2) is 14.8 Å². The molecular weight excluding hydrogens is 456 g/mol. The number of H-pyrrole nitrogens is 1. The smallest absolute Gasteiger partial charge is 0.408 e. The summed E-state index contributed by atoms with van der Waals surface area (Å²) in [5.41, 5.74) is 1.02. The number of carbonyl (C=O) groups excluding carboxylic acids is 2. The van der Waals surface area contributed by atoms with Crippen LogP contribution in [0.25, 0.3) is 11.0 Å². The minimum absolute atomic E-state index is 0.144. The second-order valence-corrected chi connectivity index (χ2v) is 9.72. The van der Waals surface area contributed by atoms with E-state index >= 15 is 0 Å². The Balaban J connectivity index is 1.45. The van der Waals surface area contributed by atoms with Crippen LogP contribution in [0.1, 0.15) is 26.3 Å². The monoisotopic (exact) mass is 484 g/mol. The molecule has 180 valence electrons. The number of hydrogen-bond acceptors (Lipinski definition) is 6. The van der Waals surface area contributed by atoms with E-state index in [1.165, 1.54) is 0 Å². The summed E-state index contributed by atoms with van der Waals surface area (Å²) in [5.74, 6) is 0.706. The lowest BCUT2D eigenvalue weighted by Gasteiger charge is -2.37. The fourth-order valence-corrected chi connectivity index (χ4v) is 4.10. The standard InChI is InChI=1S/C24H29ClN6O3/c1-24(2,3)34-23(33)29-19(14-16-4-6-17(25)7-5-16)22(32)31-12-10-30(11-13-31)21-18-8-9-26-20(18)27-15-28-21/h4-9,15,19H,10-14H2,1-3H3,(H,29,33)(H,26,27,28)/t19-/m1/s1. The molecule has 1 aliphatic rings. The summed E-state index contributed by atoms with van der Waals surface area (Å²) < 4.78 is 5.40. The van der Waals surface area contributed by atoms with Gasteiger partial charge in [0.15, 0.2) is 0 Å². The molecule has 1 aliphatic heterocycles. The second kappa shape index (κ2) is 9.89. The highest BCUT2D eigenvalue weighted by molar-refractivity contribution is 6.30. The first-order chi connectivity index (χ1) is 16.2. The molecule has 1 aromatic carbocycles. The van der Waals surface area contributed by atoms with Gasteiger partial charge < -0.3 is 24.8 Å². The lowest BCUT2D eigenvalue weighted by molar-refractivity contribution is -0.133. The SMILES string of the molecule is CC(C)(C)OC(=O)N[C@H](Cc1ccc(Cl)cc1)C(=O)N1CCN(c2ncnc3[nH]ccc23)CC1. The van der Waals surface area contributed by atoms with Crippen LogP contribution in [-0.4, -0.2) is 69.7 Å². The van der Waals surface area contributed by atoms with Crippen molar-refractivity contribution in [1.29, 1.82) is 0 Å². The molecule has 1 atom stereocenters. The van der Waals surface area contributed by atoms with Crippen LogP contribution >= 0.6 is 11.6 Å². The summed E-state index contributed by atoms with van der Waals surface area (Å²) in [4.78, 5) is 41.7. The van der Waals surface area contributed by atoms with Gasteiger partial charge in [0.1, 0.15) is 29.4 Å². The van der Waals surface area contributed by atoms with Crippen molar-refractivity contribution >= 4 is 40.5 Å². The Kier molecular flexibility index (Phi) is 6.92. The third kappa shape index (κ3) is 5.77. The number of halogens is 1. The van der Waals surface area contributed by atoms with Crippen molar-refractivity contribution in [2.75, 3.05) is 31.1 Å². The largest absolute Gasteiger partial charge is 0.444 e. The van der Waals surface area contributed by atoms with Crippen molar-refractivity contribution in [2.45, 2.75) is 38.8 Å². The molecule has 0 bridgehead atoms. The van der Waals surface area contributed by atoms with Gasteiger partial charge >= 0.3 is 6.09 Å². The summed E-state index contributed by atoms with van der Waals surface area (Å²) in [7, 11) is 0. The number of fused-ring (bicyclic) bond motifs is 1. The molecule has 0 radical (unpaired) electrons. The molecule has 9 nitrogen and oxygen atoms in total. The second-order valence-electron chi connectivity index (χ2n) is 9.28. The summed E-state index contributed by atoms with van der Waals surface area (Å²) in [6, 6.07) is 8.46. The average Bonchev–Trinajstić information content (AvgIpc) is 3.27. The van der Waals surface area contributed by atoms with Crippen molar-refractivity contribution in [3.8, 4) is 0 Å². The van der Waals surface area contributed by atoms with E-state index in [0.29, 0.717) is 37.6 Å². The first kappa shape index (κ1) is 23.8. The number of aromatic amines is 1. The minimum atomic E-state index is -0.752. The number of ether oxygens (including phenoxy) is 1. The molecule has 0 aliphatic carbocycles. The highest BCUT2D eigenvalue weighted by atomic mass is 35.5. The average molecular weight is 485 g/mol. The molecule has 0 saturated carbocycles. The number of nitrogens with zero attached hydrogens (tertiary/aromatic N) is 4. The van der Waals surface area contributed by atoms with Crippen molar-refractivity contribution in [1.82, 2.24) is 25.2 Å². The maximum absolute atomic E-state index is 13.5. The molecule has 4 rings (SSSR count). The van der Waals surface area contributed by atoms with E-state index in [-0.39, 0.29) is 5.91 Å². The molecule has 3 aromatic rings. The zero-order valence-electron chi connectivity index (χ0n) is 19.5. The molecule has 34 heavy (non-hydrogen) atoms. The number of anilines is 1. The van der Waals surface area contributed by atoms with Crippen LogP contribution in [0, 0.1) is 0 Å². The van der Waals surface area contributed by atoms with Gasteiger partial charge in [0.05, 0.1) is 5.39 Å². The van der Waals surface area contributed by atoms with Gasteiger partial charge in [-0.2, -0.15) is 0 Å². The molecule has 0 unspecified atom stereocenters. The Morgan fingerprint density at radius 2 is 1.82 bits per heavy atom. The maximum atomic E-state index is 13.5. The lowest BCUT2D eigenvalue weighted by Crippen LogP contribution is -2.56. The van der Waals surface area contributed by atoms with E-state index in [4.69, 9.17) is 16.3 Å². The zero-order valence-corrected chi connectivity index (χ0v) is 20.3. The summed E-state index contributed by atoms with van der Waals surface area (Å²) >= 11 is 6.00. The Labute approximate surface area is 203 Å². The van der Waals surface area contributed by atoms with Gasteiger partial charge in [-0.15, -0.1) is 0 Å². The summed E-state index contributed by atoms with van der Waals surface area (Å²) in [6.45, 7) is 7.65. The quantitative estimate of drug-likeness (QED) is 0.575. The topological polar surface area (TPSA) is 103 Å². The number of benzene rings is 1. The number of alkyl carbamates (subject to hydrolysis) is 1. The summed E-state index contributed by atoms with van der Waals surface area (Å²) in [5, 5.41) is 4.34. The van der Waals surface area contributed by atoms with Crippen molar-refractivity contribution in [3.05, 3.63) is 53.4 Å². The van der Waals surface area contributed by atoms with Crippen LogP contribution < -0.4 is 10.2 Å². The Morgan fingerprint density at radius 3 is 2.50 bits per heavy atom. The van der Waals surface area contributed by atoms with Crippen LogP contribution in [0.15, 0.2) is 42.9 Å². The predicted molar refractivity (Wildman–Crippen MR) is 131 cm³/mol. The molecular formula is C24H29ClN6O3. The molecule has 2 N–H and O–H groups in total. The van der Waals surface area contributed by atoms with E-state index in [2.05, 4.69) is 25.2 Å². The summed E-state index contributed by atoms with van der Waals surface area (Å²) in [6.07, 6.45) is 3.10. The first-order valence-electron chi connectivity index (χ1n) is 11.3. The number of carbonyl (C=O) groups is 2. The van der Waals surface area contributed by atoms with Gasteiger partial charge in [-0.05, 0) is 44.5 Å². The van der Waals surface area contributed by atoms with Crippen molar-refractivity contribution in [3.63, 3.8) is 0 Å². The van der Waals surface area contributed by atoms with Gasteiger partial charge in [-0.1, -0.05) is 23.7 Å². The number of amides is 2. The van der Waals surface area contributed by atoms with Gasteiger partial charge in [0.25, 0.3) is 0 Å². The maximum Gasteiger partial charge on any atom is 0.408 e. The molecule has 1 saturated heterocycles. The van der Waals surface area contributed by atoms with Crippen LogP contribution in [0.4, 0.5) is 10.6 Å². The van der Waals surface area contributed by atoms with Gasteiger partial charge in [0, 0.05) is 43.8 Å². The molecule has 0 spiro atoms. The molecule has 2 aromatic heterocycles. The predicted octanol–water partition coefficient (Wildman–Crippen LogP) is 3.40. The van der Waals surface area contributed by atoms with E-state index in [1.54, 1.807) is 44.1 Å². The number of hydrogen-bond donors (Lipinski definition) is 2. The van der Waals surface area contributed by atoms with Crippen LogP contribution in [0.5, 0.6) is 0 Å². The molecule has 3 heterocycles. The van der Waals surface area contributed by atoms with Crippen molar-refractivity contribution < 1.29 is 14.3 Å². The normalized spacial score (nSPS) is 15.3. The van der Waals surface area contributed by atoms with Gasteiger partial charge in [-0.3, -0.25) is 4.79 Å². The number of rotatable bonds is 5. The van der Waals surface area contributed by atoms with Crippen LogP contribution in [0.3, 0.4) is 0 Å². The zero-order chi connectivity index (χ0) is 24.3. The van der Waals surface area contributed by atoms with Gasteiger partial charge in [0.2, 0.25) is 5.91 Å².